The number of carbonyl (C=O) groups excluding carboxylic acids is 2. The third-order valence-corrected chi connectivity index (χ3v) is 7.74. The molecule has 1 aromatic heterocycles. The summed E-state index contributed by atoms with van der Waals surface area (Å²) in [5, 5.41) is 17.9. The van der Waals surface area contributed by atoms with Crippen LogP contribution < -0.4 is 16.0 Å². The molecule has 2 aromatic carbocycles. The minimum absolute atomic E-state index is 0.00521. The van der Waals surface area contributed by atoms with Crippen LogP contribution in [0, 0.1) is 5.92 Å². The fourth-order valence-corrected chi connectivity index (χ4v) is 5.64. The highest BCUT2D eigenvalue weighted by atomic mass is 16.5. The number of aromatic nitrogens is 1. The lowest BCUT2D eigenvalue weighted by Crippen LogP contribution is -2.59. The van der Waals surface area contributed by atoms with Gasteiger partial charge in [-0.2, -0.15) is 0 Å². The van der Waals surface area contributed by atoms with E-state index in [9.17, 15) is 19.5 Å². The molecule has 0 unspecified atom stereocenters. The first-order chi connectivity index (χ1) is 19.3. The van der Waals surface area contributed by atoms with E-state index in [1.807, 2.05) is 60.7 Å². The van der Waals surface area contributed by atoms with Crippen LogP contribution in [0.3, 0.4) is 0 Å². The Morgan fingerprint density at radius 1 is 0.975 bits per heavy atom. The van der Waals surface area contributed by atoms with Crippen LogP contribution in [0.5, 0.6) is 0 Å². The van der Waals surface area contributed by atoms with Crippen molar-refractivity contribution in [1.29, 1.82) is 0 Å². The Balaban J connectivity index is 1.32. The Kier molecular flexibility index (Phi) is 8.11. The quantitative estimate of drug-likeness (QED) is 0.319. The zero-order valence-corrected chi connectivity index (χ0v) is 22.5. The van der Waals surface area contributed by atoms with E-state index in [2.05, 4.69) is 16.0 Å². The number of amides is 3. The Morgan fingerprint density at radius 3 is 2.27 bits per heavy atom. The monoisotopic (exact) mass is 542 g/mol. The lowest BCUT2D eigenvalue weighted by Gasteiger charge is -2.41. The molecule has 40 heavy (non-hydrogen) atoms. The summed E-state index contributed by atoms with van der Waals surface area (Å²) in [6.07, 6.45) is 4.64. The molecule has 208 valence electrons. The molecule has 1 saturated heterocycles. The van der Waals surface area contributed by atoms with Crippen molar-refractivity contribution in [1.82, 2.24) is 15.6 Å². The minimum Gasteiger partial charge on any atom is -0.465 e. The van der Waals surface area contributed by atoms with Crippen LogP contribution in [0.4, 0.5) is 10.5 Å². The summed E-state index contributed by atoms with van der Waals surface area (Å²) in [6.45, 7) is 2.12. The predicted octanol–water partition coefficient (Wildman–Crippen LogP) is 4.93. The molecule has 1 aliphatic carbocycles. The molecule has 3 aromatic rings. The largest absolute Gasteiger partial charge is 0.465 e. The van der Waals surface area contributed by atoms with Gasteiger partial charge in [0, 0.05) is 30.5 Å². The number of pyridine rings is 1. The van der Waals surface area contributed by atoms with Crippen LogP contribution in [0.1, 0.15) is 44.6 Å². The molecule has 2 heterocycles. The summed E-state index contributed by atoms with van der Waals surface area (Å²) >= 11 is 0. The predicted molar refractivity (Wildman–Crippen MR) is 152 cm³/mol. The van der Waals surface area contributed by atoms with Crippen LogP contribution in [0.2, 0.25) is 0 Å². The molecule has 1 aliphatic heterocycles. The van der Waals surface area contributed by atoms with E-state index in [-0.39, 0.29) is 31.1 Å². The van der Waals surface area contributed by atoms with Crippen molar-refractivity contribution < 1.29 is 24.2 Å². The molecular formula is C31H34N4O5. The number of carboxylic acid groups (broad SMARTS) is 1. The maximum atomic E-state index is 12.9. The van der Waals surface area contributed by atoms with Crippen LogP contribution in [-0.4, -0.2) is 47.3 Å². The van der Waals surface area contributed by atoms with Gasteiger partial charge in [-0.15, -0.1) is 0 Å². The normalized spacial score (nSPS) is 19.6. The molecule has 1 saturated carbocycles. The Labute approximate surface area is 233 Å². The zero-order valence-electron chi connectivity index (χ0n) is 22.5. The lowest BCUT2D eigenvalue weighted by molar-refractivity contribution is -0.120. The van der Waals surface area contributed by atoms with Crippen molar-refractivity contribution in [3.8, 4) is 22.4 Å². The first-order valence-corrected chi connectivity index (χ1v) is 13.6. The maximum Gasteiger partial charge on any atom is 0.405 e. The summed E-state index contributed by atoms with van der Waals surface area (Å²) in [5.41, 5.74) is 4.22. The number of nitrogens with zero attached hydrogens (tertiary/aromatic N) is 1. The van der Waals surface area contributed by atoms with Crippen molar-refractivity contribution in [3.63, 3.8) is 0 Å². The van der Waals surface area contributed by atoms with E-state index in [1.54, 1.807) is 6.20 Å². The molecular weight excluding hydrogens is 508 g/mol. The van der Waals surface area contributed by atoms with Gasteiger partial charge < -0.3 is 25.8 Å². The molecule has 0 atom stereocenters. The van der Waals surface area contributed by atoms with Gasteiger partial charge in [0.1, 0.15) is 5.54 Å². The van der Waals surface area contributed by atoms with Crippen LogP contribution in [0.15, 0.2) is 66.9 Å². The number of ether oxygens (including phenoxy) is 1. The van der Waals surface area contributed by atoms with Crippen LogP contribution in [-0.2, 0) is 19.9 Å². The Bertz CT molecular complexity index is 1360. The van der Waals surface area contributed by atoms with Gasteiger partial charge in [0.15, 0.2) is 0 Å². The third-order valence-electron chi connectivity index (χ3n) is 7.74. The number of anilines is 1. The van der Waals surface area contributed by atoms with Gasteiger partial charge >= 0.3 is 6.09 Å². The van der Waals surface area contributed by atoms with Crippen molar-refractivity contribution >= 4 is 23.6 Å². The average molecular weight is 543 g/mol. The number of nitrogens with one attached hydrogen (secondary N) is 3. The molecule has 4 N–H and O–H groups in total. The number of hydrogen-bond donors (Lipinski definition) is 4. The average Bonchev–Trinajstić information content (AvgIpc) is 2.92. The van der Waals surface area contributed by atoms with E-state index in [0.717, 1.165) is 53.6 Å². The van der Waals surface area contributed by atoms with Crippen molar-refractivity contribution in [2.24, 2.45) is 5.92 Å². The molecule has 2 aliphatic rings. The van der Waals surface area contributed by atoms with Gasteiger partial charge in [-0.1, -0.05) is 54.6 Å². The minimum atomic E-state index is -1.09. The molecule has 0 bridgehead atoms. The highest BCUT2D eigenvalue weighted by Gasteiger charge is 2.42. The van der Waals surface area contributed by atoms with Gasteiger partial charge in [-0.25, -0.2) is 4.79 Å². The van der Waals surface area contributed by atoms with E-state index in [0.29, 0.717) is 18.0 Å². The number of benzene rings is 2. The Morgan fingerprint density at radius 2 is 1.68 bits per heavy atom. The van der Waals surface area contributed by atoms with Gasteiger partial charge in [0.05, 0.1) is 30.8 Å². The van der Waals surface area contributed by atoms with Gasteiger partial charge in [0.25, 0.3) is 0 Å². The second-order valence-electron chi connectivity index (χ2n) is 10.7. The number of rotatable bonds is 8. The summed E-state index contributed by atoms with van der Waals surface area (Å²) in [7, 11) is 0. The second-order valence-corrected chi connectivity index (χ2v) is 10.7. The van der Waals surface area contributed by atoms with E-state index in [4.69, 9.17) is 9.72 Å². The lowest BCUT2D eigenvalue weighted by atomic mass is 9.84. The van der Waals surface area contributed by atoms with Crippen LogP contribution in [0.25, 0.3) is 22.4 Å². The van der Waals surface area contributed by atoms with E-state index < -0.39 is 11.6 Å². The smallest absolute Gasteiger partial charge is 0.405 e. The highest BCUT2D eigenvalue weighted by molar-refractivity contribution is 5.93. The van der Waals surface area contributed by atoms with Crippen molar-refractivity contribution in [2.45, 2.75) is 50.6 Å². The SMILES string of the molecule is CC(=O)NC1CCC(CC(=O)Nc2cnc(-c3ccc(C4(NC(=O)O)COC4)cc3)c(-c3ccccc3)c2)CC1. The second kappa shape index (κ2) is 11.9. The molecule has 9 heteroatoms. The van der Waals surface area contributed by atoms with E-state index >= 15 is 0 Å². The van der Waals surface area contributed by atoms with Gasteiger partial charge in [-0.3, -0.25) is 14.6 Å². The van der Waals surface area contributed by atoms with Gasteiger partial charge in [0.2, 0.25) is 11.8 Å². The highest BCUT2D eigenvalue weighted by Crippen LogP contribution is 2.35. The summed E-state index contributed by atoms with van der Waals surface area (Å²) in [6, 6.07) is 19.7. The van der Waals surface area contributed by atoms with Crippen molar-refractivity contribution in [2.75, 3.05) is 18.5 Å². The van der Waals surface area contributed by atoms with E-state index in [1.165, 1.54) is 6.92 Å². The molecule has 0 radical (unpaired) electrons. The van der Waals surface area contributed by atoms with Crippen molar-refractivity contribution in [3.05, 3.63) is 72.4 Å². The van der Waals surface area contributed by atoms with Crippen LogP contribution >= 0.6 is 0 Å². The zero-order chi connectivity index (χ0) is 28.1. The molecule has 0 spiro atoms. The molecule has 3 amide bonds. The summed E-state index contributed by atoms with van der Waals surface area (Å²) in [5.74, 6) is 0.249. The molecule has 9 nitrogen and oxygen atoms in total. The number of hydrogen-bond acceptors (Lipinski definition) is 5. The third kappa shape index (κ3) is 6.31. The number of carbonyl (C=O) groups is 3. The first-order valence-electron chi connectivity index (χ1n) is 13.6. The fourth-order valence-electron chi connectivity index (χ4n) is 5.64. The van der Waals surface area contributed by atoms with Gasteiger partial charge in [-0.05, 0) is 48.8 Å². The summed E-state index contributed by atoms with van der Waals surface area (Å²) in [4.78, 5) is 40.3. The maximum absolute atomic E-state index is 12.9. The first kappa shape index (κ1) is 27.3. The standard InChI is InChI=1S/C31H34N4O5/c1-20(36)33-25-13-7-21(8-14-25)15-28(37)34-26-16-27(22-5-3-2-4-6-22)29(32-17-26)23-9-11-24(12-10-23)31(18-40-19-31)35-30(38)39/h2-6,9-12,16-17,21,25,35H,7-8,13-15,18-19H2,1H3,(H,33,36)(H,34,37)(H,38,39). The molecule has 2 fully saturated rings. The summed E-state index contributed by atoms with van der Waals surface area (Å²) < 4.78 is 5.31. The topological polar surface area (TPSA) is 130 Å². The molecule has 5 rings (SSSR count). The fraction of sp³-hybridized carbons (Fsp3) is 0.355. The Hall–Kier alpha value is -4.24.